The van der Waals surface area contributed by atoms with Gasteiger partial charge in [-0.15, -0.1) is 0 Å². The minimum atomic E-state index is -0.327. The zero-order chi connectivity index (χ0) is 19.1. The van der Waals surface area contributed by atoms with Crippen LogP contribution in [0.5, 0.6) is 5.75 Å². The Morgan fingerprint density at radius 2 is 1.65 bits per heavy atom. The SMILES string of the molecule is COc1cccc(NC(=O)CN(C)C(=O)c2cccc(NC(C)=O)c2)c1. The normalized spacial score (nSPS) is 9.96. The average molecular weight is 355 g/mol. The third-order valence-corrected chi connectivity index (χ3v) is 3.51. The van der Waals surface area contributed by atoms with Crippen LogP contribution in [0.4, 0.5) is 11.4 Å². The summed E-state index contributed by atoms with van der Waals surface area (Å²) in [6.45, 7) is 1.28. The number of ether oxygens (including phenoxy) is 1. The van der Waals surface area contributed by atoms with Gasteiger partial charge in [-0.3, -0.25) is 14.4 Å². The van der Waals surface area contributed by atoms with Crippen LogP contribution in [0.1, 0.15) is 17.3 Å². The number of anilines is 2. The first-order valence-electron chi connectivity index (χ1n) is 7.96. The second-order valence-electron chi connectivity index (χ2n) is 5.70. The van der Waals surface area contributed by atoms with E-state index >= 15 is 0 Å². The van der Waals surface area contributed by atoms with Gasteiger partial charge < -0.3 is 20.3 Å². The van der Waals surface area contributed by atoms with E-state index in [0.29, 0.717) is 22.7 Å². The molecule has 0 aliphatic carbocycles. The highest BCUT2D eigenvalue weighted by atomic mass is 16.5. The Labute approximate surface area is 152 Å². The fraction of sp³-hybridized carbons (Fsp3) is 0.211. The van der Waals surface area contributed by atoms with Gasteiger partial charge in [0.05, 0.1) is 13.7 Å². The number of nitrogens with one attached hydrogen (secondary N) is 2. The molecule has 0 atom stereocenters. The molecule has 3 amide bonds. The maximum Gasteiger partial charge on any atom is 0.254 e. The molecule has 7 heteroatoms. The number of likely N-dealkylation sites (N-methyl/N-ethyl adjacent to an activating group) is 1. The molecule has 0 aliphatic heterocycles. The number of benzene rings is 2. The van der Waals surface area contributed by atoms with E-state index in [1.165, 1.54) is 11.8 Å². The van der Waals surface area contributed by atoms with Gasteiger partial charge in [-0.1, -0.05) is 12.1 Å². The Kier molecular flexibility index (Phi) is 6.32. The van der Waals surface area contributed by atoms with Crippen LogP contribution >= 0.6 is 0 Å². The Bertz CT molecular complexity index is 820. The Morgan fingerprint density at radius 1 is 1.00 bits per heavy atom. The van der Waals surface area contributed by atoms with Gasteiger partial charge in [0.2, 0.25) is 11.8 Å². The Morgan fingerprint density at radius 3 is 2.31 bits per heavy atom. The molecular weight excluding hydrogens is 334 g/mol. The van der Waals surface area contributed by atoms with Gasteiger partial charge in [-0.05, 0) is 30.3 Å². The Hall–Kier alpha value is -3.35. The van der Waals surface area contributed by atoms with E-state index in [0.717, 1.165) is 0 Å². The lowest BCUT2D eigenvalue weighted by atomic mass is 10.1. The molecule has 0 saturated carbocycles. The largest absolute Gasteiger partial charge is 0.497 e. The number of rotatable bonds is 6. The summed E-state index contributed by atoms with van der Waals surface area (Å²) in [7, 11) is 3.08. The van der Waals surface area contributed by atoms with Crippen LogP contribution < -0.4 is 15.4 Å². The van der Waals surface area contributed by atoms with E-state index in [9.17, 15) is 14.4 Å². The van der Waals surface area contributed by atoms with Crippen molar-refractivity contribution in [3.05, 3.63) is 54.1 Å². The van der Waals surface area contributed by atoms with E-state index in [1.54, 1.807) is 62.7 Å². The summed E-state index contributed by atoms with van der Waals surface area (Å²) < 4.78 is 5.11. The number of carbonyl (C=O) groups is 3. The van der Waals surface area contributed by atoms with Gasteiger partial charge in [-0.25, -0.2) is 0 Å². The number of hydrogen-bond donors (Lipinski definition) is 2. The van der Waals surface area contributed by atoms with E-state index in [4.69, 9.17) is 4.74 Å². The minimum Gasteiger partial charge on any atom is -0.497 e. The van der Waals surface area contributed by atoms with E-state index in [1.807, 2.05) is 0 Å². The van der Waals surface area contributed by atoms with Crippen molar-refractivity contribution in [2.75, 3.05) is 31.3 Å². The van der Waals surface area contributed by atoms with Crippen molar-refractivity contribution >= 4 is 29.1 Å². The van der Waals surface area contributed by atoms with Crippen molar-refractivity contribution in [3.8, 4) is 5.75 Å². The smallest absolute Gasteiger partial charge is 0.254 e. The summed E-state index contributed by atoms with van der Waals surface area (Å²) in [6, 6.07) is 13.5. The number of methoxy groups -OCH3 is 1. The molecule has 0 aromatic heterocycles. The van der Waals surface area contributed by atoms with Gasteiger partial charge in [0.15, 0.2) is 0 Å². The maximum atomic E-state index is 12.5. The second kappa shape index (κ2) is 8.66. The van der Waals surface area contributed by atoms with Gasteiger partial charge in [0, 0.05) is 37.0 Å². The van der Waals surface area contributed by atoms with Crippen LogP contribution in [0, 0.1) is 0 Å². The molecule has 2 aromatic rings. The highest BCUT2D eigenvalue weighted by Crippen LogP contribution is 2.17. The predicted octanol–water partition coefficient (Wildman–Crippen LogP) is 2.36. The van der Waals surface area contributed by atoms with Crippen LogP contribution in [-0.4, -0.2) is 43.3 Å². The summed E-state index contributed by atoms with van der Waals surface area (Å²) in [5.74, 6) is -0.243. The zero-order valence-corrected chi connectivity index (χ0v) is 14.9. The molecule has 0 spiro atoms. The molecule has 2 rings (SSSR count). The molecule has 26 heavy (non-hydrogen) atoms. The number of carbonyl (C=O) groups excluding carboxylic acids is 3. The van der Waals surface area contributed by atoms with Crippen molar-refractivity contribution in [3.63, 3.8) is 0 Å². The molecule has 7 nitrogen and oxygen atoms in total. The quantitative estimate of drug-likeness (QED) is 0.833. The van der Waals surface area contributed by atoms with E-state index in [2.05, 4.69) is 10.6 Å². The Balaban J connectivity index is 1.99. The molecule has 0 bridgehead atoms. The lowest BCUT2D eigenvalue weighted by molar-refractivity contribution is -0.116. The van der Waals surface area contributed by atoms with Crippen molar-refractivity contribution in [2.45, 2.75) is 6.92 Å². The summed E-state index contributed by atoms with van der Waals surface area (Å²) in [5, 5.41) is 5.34. The van der Waals surface area contributed by atoms with Crippen LogP contribution in [-0.2, 0) is 9.59 Å². The molecule has 0 saturated heterocycles. The third kappa shape index (κ3) is 5.34. The topological polar surface area (TPSA) is 87.7 Å². The highest BCUT2D eigenvalue weighted by Gasteiger charge is 2.15. The van der Waals surface area contributed by atoms with Crippen molar-refractivity contribution in [1.29, 1.82) is 0 Å². The predicted molar refractivity (Wildman–Crippen MR) is 99.3 cm³/mol. The molecule has 0 unspecified atom stereocenters. The first-order valence-corrected chi connectivity index (χ1v) is 7.96. The molecule has 0 aliphatic rings. The van der Waals surface area contributed by atoms with Gasteiger partial charge in [0.1, 0.15) is 5.75 Å². The van der Waals surface area contributed by atoms with E-state index < -0.39 is 0 Å². The fourth-order valence-corrected chi connectivity index (χ4v) is 2.34. The number of amides is 3. The van der Waals surface area contributed by atoms with Crippen LogP contribution in [0.2, 0.25) is 0 Å². The molecule has 2 aromatic carbocycles. The van der Waals surface area contributed by atoms with Crippen molar-refractivity contribution < 1.29 is 19.1 Å². The van der Waals surface area contributed by atoms with Crippen LogP contribution in [0.15, 0.2) is 48.5 Å². The molecule has 0 radical (unpaired) electrons. The first kappa shape index (κ1) is 19.0. The van der Waals surface area contributed by atoms with Crippen molar-refractivity contribution in [1.82, 2.24) is 4.90 Å². The molecule has 136 valence electrons. The number of hydrogen-bond acceptors (Lipinski definition) is 4. The van der Waals surface area contributed by atoms with Gasteiger partial charge in [0.25, 0.3) is 5.91 Å². The number of nitrogens with zero attached hydrogens (tertiary/aromatic N) is 1. The summed E-state index contributed by atoms with van der Waals surface area (Å²) in [4.78, 5) is 37.1. The van der Waals surface area contributed by atoms with Crippen molar-refractivity contribution in [2.24, 2.45) is 0 Å². The third-order valence-electron chi connectivity index (χ3n) is 3.51. The van der Waals surface area contributed by atoms with E-state index in [-0.39, 0.29) is 24.3 Å². The second-order valence-corrected chi connectivity index (χ2v) is 5.70. The molecule has 2 N–H and O–H groups in total. The van der Waals surface area contributed by atoms with Crippen LogP contribution in [0.25, 0.3) is 0 Å². The van der Waals surface area contributed by atoms with Gasteiger partial charge >= 0.3 is 0 Å². The summed E-state index contributed by atoms with van der Waals surface area (Å²) in [6.07, 6.45) is 0. The lowest BCUT2D eigenvalue weighted by Gasteiger charge is -2.17. The maximum absolute atomic E-state index is 12.5. The monoisotopic (exact) mass is 355 g/mol. The summed E-state index contributed by atoms with van der Waals surface area (Å²) in [5.41, 5.74) is 1.49. The lowest BCUT2D eigenvalue weighted by Crippen LogP contribution is -2.35. The molecule has 0 fully saturated rings. The fourth-order valence-electron chi connectivity index (χ4n) is 2.34. The van der Waals surface area contributed by atoms with Gasteiger partial charge in [-0.2, -0.15) is 0 Å². The highest BCUT2D eigenvalue weighted by molar-refractivity contribution is 6.00. The molecule has 0 heterocycles. The average Bonchev–Trinajstić information content (AvgIpc) is 2.60. The summed E-state index contributed by atoms with van der Waals surface area (Å²) >= 11 is 0. The van der Waals surface area contributed by atoms with Crippen LogP contribution in [0.3, 0.4) is 0 Å². The molecular formula is C19H21N3O4. The standard InChI is InChI=1S/C19H21N3O4/c1-13(23)20-15-7-4-6-14(10-15)19(25)22(2)12-18(24)21-16-8-5-9-17(11-16)26-3/h4-11H,12H2,1-3H3,(H,20,23)(H,21,24). The minimum absolute atomic E-state index is 0.111. The first-order chi connectivity index (χ1) is 12.4. The zero-order valence-electron chi connectivity index (χ0n) is 14.9.